The number of nitrogens with one attached hydrogen (secondary N) is 2. The number of aliphatic imine (C=N–C) groups is 1. The fraction of sp³-hybridized carbons (Fsp3) is 0.500. The van der Waals surface area contributed by atoms with Gasteiger partial charge < -0.3 is 35.5 Å². The second kappa shape index (κ2) is 13.1. The predicted molar refractivity (Wildman–Crippen MR) is 161 cm³/mol. The van der Waals surface area contributed by atoms with Crippen molar-refractivity contribution in [1.29, 1.82) is 0 Å². The lowest BCUT2D eigenvalue weighted by atomic mass is 9.85. The number of nitrogens with two attached hydrogens (primary N) is 1. The van der Waals surface area contributed by atoms with Gasteiger partial charge in [0, 0.05) is 35.7 Å². The minimum absolute atomic E-state index is 0.0994. The van der Waals surface area contributed by atoms with Crippen LogP contribution in [0, 0.1) is 5.41 Å². The number of pyridine rings is 1. The molecule has 228 valence electrons. The lowest BCUT2D eigenvalue weighted by Gasteiger charge is -2.35. The molecule has 12 heteroatoms. The van der Waals surface area contributed by atoms with Crippen molar-refractivity contribution in [2.24, 2.45) is 16.1 Å². The van der Waals surface area contributed by atoms with Gasteiger partial charge in [0.05, 0.1) is 26.3 Å². The van der Waals surface area contributed by atoms with Gasteiger partial charge in [0.25, 0.3) is 0 Å². The van der Waals surface area contributed by atoms with E-state index >= 15 is 0 Å². The fourth-order valence-electron chi connectivity index (χ4n) is 4.61. The number of fused-ring (bicyclic) bond motifs is 1. The van der Waals surface area contributed by atoms with Crippen molar-refractivity contribution in [3.8, 4) is 11.5 Å². The minimum Gasteiger partial charge on any atom is -0.497 e. The van der Waals surface area contributed by atoms with Crippen molar-refractivity contribution in [3.63, 3.8) is 0 Å². The summed E-state index contributed by atoms with van der Waals surface area (Å²) in [6.45, 7) is 11.2. The van der Waals surface area contributed by atoms with Crippen LogP contribution in [0.4, 0.5) is 10.6 Å². The van der Waals surface area contributed by atoms with E-state index in [0.29, 0.717) is 28.2 Å². The van der Waals surface area contributed by atoms with Crippen molar-refractivity contribution in [2.75, 3.05) is 20.8 Å². The summed E-state index contributed by atoms with van der Waals surface area (Å²) in [6, 6.07) is 4.77. The number of urea groups is 1. The molecule has 1 aromatic carbocycles. The SMILES string of the molecule is COC(=O)[C@@H]1C[C@@H](Oc2cc(N=CC=CN)nc3cc(OC)ccc23)CN1C(=O)[C@@H](NC(=O)NC(C)(C)C)C(C)(C)C. The Bertz CT molecular complexity index is 1360. The van der Waals surface area contributed by atoms with Crippen molar-refractivity contribution < 1.29 is 28.6 Å². The number of allylic oxidation sites excluding steroid dienone is 1. The van der Waals surface area contributed by atoms with E-state index < -0.39 is 47.0 Å². The number of ether oxygens (including phenoxy) is 3. The Morgan fingerprint density at radius 2 is 1.86 bits per heavy atom. The van der Waals surface area contributed by atoms with Crippen molar-refractivity contribution in [2.45, 2.75) is 71.7 Å². The number of benzene rings is 1. The van der Waals surface area contributed by atoms with Crippen LogP contribution in [0.1, 0.15) is 48.0 Å². The van der Waals surface area contributed by atoms with Crippen LogP contribution in [-0.4, -0.2) is 78.5 Å². The van der Waals surface area contributed by atoms with Gasteiger partial charge in [-0.3, -0.25) is 4.79 Å². The molecule has 0 spiro atoms. The zero-order valence-corrected chi connectivity index (χ0v) is 25.6. The molecule has 1 aliphatic heterocycles. The van der Waals surface area contributed by atoms with Crippen molar-refractivity contribution in [3.05, 3.63) is 36.5 Å². The quantitative estimate of drug-likeness (QED) is 0.315. The van der Waals surface area contributed by atoms with E-state index in [2.05, 4.69) is 20.6 Å². The zero-order chi connectivity index (χ0) is 31.2. The smallest absolute Gasteiger partial charge is 0.328 e. The average Bonchev–Trinajstić information content (AvgIpc) is 3.33. The zero-order valence-electron chi connectivity index (χ0n) is 25.6. The van der Waals surface area contributed by atoms with E-state index in [0.717, 1.165) is 0 Å². The molecule has 3 rings (SSSR count). The summed E-state index contributed by atoms with van der Waals surface area (Å²) >= 11 is 0. The highest BCUT2D eigenvalue weighted by Gasteiger charge is 2.46. The van der Waals surface area contributed by atoms with E-state index in [-0.39, 0.29) is 13.0 Å². The van der Waals surface area contributed by atoms with Crippen LogP contribution in [0.2, 0.25) is 0 Å². The highest BCUT2D eigenvalue weighted by Crippen LogP contribution is 2.34. The molecule has 2 heterocycles. The Kier molecular flexibility index (Phi) is 10.0. The van der Waals surface area contributed by atoms with Gasteiger partial charge in [-0.05, 0) is 50.6 Å². The van der Waals surface area contributed by atoms with E-state index in [9.17, 15) is 14.4 Å². The maximum atomic E-state index is 14.0. The van der Waals surface area contributed by atoms with Crippen LogP contribution in [0.5, 0.6) is 11.5 Å². The van der Waals surface area contributed by atoms with E-state index in [4.69, 9.17) is 19.9 Å². The largest absolute Gasteiger partial charge is 0.497 e. The first kappa shape index (κ1) is 32.2. The molecule has 0 radical (unpaired) electrons. The summed E-state index contributed by atoms with van der Waals surface area (Å²) in [5.41, 5.74) is 4.85. The van der Waals surface area contributed by atoms with Crippen LogP contribution in [0.25, 0.3) is 10.9 Å². The maximum Gasteiger partial charge on any atom is 0.328 e. The number of amides is 3. The van der Waals surface area contributed by atoms with Crippen LogP contribution in [-0.2, 0) is 14.3 Å². The molecule has 1 fully saturated rings. The Morgan fingerprint density at radius 1 is 1.14 bits per heavy atom. The average molecular weight is 583 g/mol. The van der Waals surface area contributed by atoms with Crippen LogP contribution in [0.3, 0.4) is 0 Å². The molecule has 4 N–H and O–H groups in total. The molecule has 0 saturated carbocycles. The Morgan fingerprint density at radius 3 is 2.45 bits per heavy atom. The molecule has 1 aliphatic rings. The van der Waals surface area contributed by atoms with Crippen LogP contribution < -0.4 is 25.8 Å². The summed E-state index contributed by atoms with van der Waals surface area (Å²) < 4.78 is 16.8. The number of carbonyl (C=O) groups excluding carboxylic acids is 3. The molecule has 3 amide bonds. The summed E-state index contributed by atoms with van der Waals surface area (Å²) in [4.78, 5) is 49.9. The van der Waals surface area contributed by atoms with Gasteiger partial charge in [-0.25, -0.2) is 19.6 Å². The third kappa shape index (κ3) is 8.11. The molecule has 42 heavy (non-hydrogen) atoms. The Balaban J connectivity index is 1.95. The van der Waals surface area contributed by atoms with Crippen molar-refractivity contribution in [1.82, 2.24) is 20.5 Å². The number of likely N-dealkylation sites (tertiary alicyclic amines) is 1. The highest BCUT2D eigenvalue weighted by molar-refractivity contribution is 5.92. The molecule has 0 unspecified atom stereocenters. The van der Waals surface area contributed by atoms with Gasteiger partial charge in [0.15, 0.2) is 5.82 Å². The van der Waals surface area contributed by atoms with Gasteiger partial charge in [0.1, 0.15) is 29.7 Å². The van der Waals surface area contributed by atoms with E-state index in [1.165, 1.54) is 24.4 Å². The topological polar surface area (TPSA) is 157 Å². The fourth-order valence-corrected chi connectivity index (χ4v) is 4.61. The number of nitrogens with zero attached hydrogens (tertiary/aromatic N) is 3. The predicted octanol–water partition coefficient (Wildman–Crippen LogP) is 3.45. The molecule has 2 aromatic rings. The second-order valence-electron chi connectivity index (χ2n) is 12.2. The van der Waals surface area contributed by atoms with Gasteiger partial charge in [-0.15, -0.1) is 0 Å². The third-order valence-corrected chi connectivity index (χ3v) is 6.56. The number of rotatable bonds is 8. The van der Waals surface area contributed by atoms with Gasteiger partial charge in [-0.1, -0.05) is 20.8 Å². The summed E-state index contributed by atoms with van der Waals surface area (Å²) in [5.74, 6) is 0.495. The van der Waals surface area contributed by atoms with E-state index in [1.54, 1.807) is 31.4 Å². The number of aromatic nitrogens is 1. The monoisotopic (exact) mass is 582 g/mol. The highest BCUT2D eigenvalue weighted by atomic mass is 16.5. The normalized spacial score (nSPS) is 18.3. The first-order valence-electron chi connectivity index (χ1n) is 13.7. The number of esters is 1. The van der Waals surface area contributed by atoms with Crippen molar-refractivity contribution >= 4 is 40.8 Å². The van der Waals surface area contributed by atoms with Gasteiger partial charge in [0.2, 0.25) is 5.91 Å². The number of hydrogen-bond donors (Lipinski definition) is 3. The molecule has 3 atom stereocenters. The molecule has 1 aromatic heterocycles. The molecule has 0 bridgehead atoms. The molecule has 1 saturated heterocycles. The summed E-state index contributed by atoms with van der Waals surface area (Å²) in [7, 11) is 2.84. The van der Waals surface area contributed by atoms with Gasteiger partial charge >= 0.3 is 12.0 Å². The molecular formula is C30H42N6O6. The molecule has 0 aliphatic carbocycles. The first-order valence-corrected chi connectivity index (χ1v) is 13.7. The number of methoxy groups -OCH3 is 2. The summed E-state index contributed by atoms with van der Waals surface area (Å²) in [5, 5.41) is 6.35. The van der Waals surface area contributed by atoms with Crippen LogP contribution >= 0.6 is 0 Å². The standard InChI is InChI=1S/C30H42N6O6/c1-29(2,3)25(34-28(39)35-30(4,5)6)26(37)36-17-19(15-22(36)27(38)41-8)42-23-16-24(32-13-9-12-31)33-21-14-18(40-7)10-11-20(21)23/h9-14,16,19,22,25H,15,17,31H2,1-8H3,(H2,34,35,39)/t19-,22+,25-/m1/s1. The lowest BCUT2D eigenvalue weighted by Crippen LogP contribution is -2.60. The number of carbonyl (C=O) groups is 3. The maximum absolute atomic E-state index is 14.0. The molecule has 12 nitrogen and oxygen atoms in total. The minimum atomic E-state index is -0.920. The Hall–Kier alpha value is -4.35. The molecular weight excluding hydrogens is 540 g/mol. The van der Waals surface area contributed by atoms with E-state index in [1.807, 2.05) is 47.6 Å². The number of hydrogen-bond acceptors (Lipinski definition) is 9. The first-order chi connectivity index (χ1) is 19.7. The Labute approximate surface area is 246 Å². The summed E-state index contributed by atoms with van der Waals surface area (Å²) in [6.07, 6.45) is 4.07. The van der Waals surface area contributed by atoms with Crippen LogP contribution in [0.15, 0.2) is 41.5 Å². The van der Waals surface area contributed by atoms with Gasteiger partial charge in [-0.2, -0.15) is 0 Å². The lowest BCUT2D eigenvalue weighted by molar-refractivity contribution is -0.152. The third-order valence-electron chi connectivity index (χ3n) is 6.56. The second-order valence-corrected chi connectivity index (χ2v) is 12.2.